The first-order chi connectivity index (χ1) is 20.8. The highest BCUT2D eigenvalue weighted by Gasteiger charge is 2.14. The Morgan fingerprint density at radius 3 is 1.19 bits per heavy atom. The Hall–Kier alpha value is -5.04. The molecule has 0 aliphatic carbocycles. The zero-order valence-corrected chi connectivity index (χ0v) is 24.2. The van der Waals surface area contributed by atoms with Crippen molar-refractivity contribution in [2.45, 2.75) is 0 Å². The van der Waals surface area contributed by atoms with Crippen molar-refractivity contribution in [2.75, 3.05) is 0 Å². The lowest BCUT2D eigenvalue weighted by atomic mass is 10.1. The minimum Gasteiger partial charge on any atom is -0.285 e. The molecule has 0 bridgehead atoms. The van der Waals surface area contributed by atoms with Crippen LogP contribution in [0.5, 0.6) is 0 Å². The maximum absolute atomic E-state index is 5.05. The third-order valence-electron chi connectivity index (χ3n) is 6.86. The third-order valence-corrected chi connectivity index (χ3v) is 8.52. The standard InChI is InChI=1S/C36H26N4S2/c1-5-14-27(15-6-1)33-25-41-35(37-29-18-9-3-10-19-29)39(33)31-22-13-23-32(24-31)40-34(28-16-7-2-8-17-28)26-42-36(40)38-30-20-11-4-12-21-30/h1-26H. The van der Waals surface area contributed by atoms with Crippen molar-refractivity contribution in [3.05, 3.63) is 166 Å². The number of aromatic nitrogens is 2. The van der Waals surface area contributed by atoms with E-state index in [4.69, 9.17) is 9.98 Å². The first-order valence-corrected chi connectivity index (χ1v) is 15.4. The van der Waals surface area contributed by atoms with Gasteiger partial charge in [-0.15, -0.1) is 22.7 Å². The van der Waals surface area contributed by atoms with Crippen molar-refractivity contribution in [3.63, 3.8) is 0 Å². The number of benzene rings is 5. The Balaban J connectivity index is 1.45. The molecular formula is C36H26N4S2. The molecule has 0 fully saturated rings. The first-order valence-electron chi connectivity index (χ1n) is 13.7. The molecule has 7 rings (SSSR count). The lowest BCUT2D eigenvalue weighted by molar-refractivity contribution is 0.982. The molecule has 0 amide bonds. The van der Waals surface area contributed by atoms with Crippen LogP contribution < -0.4 is 9.60 Å². The third kappa shape index (κ3) is 5.33. The molecule has 0 saturated heterocycles. The molecule has 0 spiro atoms. The minimum atomic E-state index is 0.907. The maximum atomic E-state index is 5.05. The second kappa shape index (κ2) is 11.8. The molecule has 7 aromatic rings. The molecule has 0 radical (unpaired) electrons. The monoisotopic (exact) mass is 578 g/mol. The highest BCUT2D eigenvalue weighted by atomic mass is 32.1. The summed E-state index contributed by atoms with van der Waals surface area (Å²) in [7, 11) is 0. The first kappa shape index (κ1) is 25.9. The fourth-order valence-corrected chi connectivity index (χ4v) is 6.75. The molecule has 5 aromatic carbocycles. The van der Waals surface area contributed by atoms with Gasteiger partial charge in [0.2, 0.25) is 0 Å². The SMILES string of the molecule is c1ccc(N=c2scc(-c3ccccc3)n2-c2cccc(-n3c(-c4ccccc4)csc3=Nc3ccccc3)c2)cc1. The van der Waals surface area contributed by atoms with Gasteiger partial charge in [-0.2, -0.15) is 0 Å². The molecule has 0 unspecified atom stereocenters. The van der Waals surface area contributed by atoms with E-state index in [1.54, 1.807) is 22.7 Å². The highest BCUT2D eigenvalue weighted by Crippen LogP contribution is 2.28. The number of hydrogen-bond acceptors (Lipinski definition) is 4. The van der Waals surface area contributed by atoms with Crippen molar-refractivity contribution in [1.29, 1.82) is 0 Å². The summed E-state index contributed by atoms with van der Waals surface area (Å²) in [4.78, 5) is 11.9. The largest absolute Gasteiger partial charge is 0.285 e. The number of rotatable bonds is 6. The van der Waals surface area contributed by atoms with E-state index < -0.39 is 0 Å². The van der Waals surface area contributed by atoms with Crippen LogP contribution in [0.15, 0.2) is 166 Å². The van der Waals surface area contributed by atoms with Crippen LogP contribution in [0.4, 0.5) is 11.4 Å². The number of hydrogen-bond donors (Lipinski definition) is 0. The van der Waals surface area contributed by atoms with Crippen molar-refractivity contribution >= 4 is 34.0 Å². The zero-order chi connectivity index (χ0) is 28.1. The van der Waals surface area contributed by atoms with Gasteiger partial charge in [0.15, 0.2) is 9.60 Å². The fourth-order valence-electron chi connectivity index (χ4n) is 4.89. The Morgan fingerprint density at radius 1 is 0.405 bits per heavy atom. The van der Waals surface area contributed by atoms with Gasteiger partial charge in [-0.25, -0.2) is 9.98 Å². The van der Waals surface area contributed by atoms with E-state index in [9.17, 15) is 0 Å². The highest BCUT2D eigenvalue weighted by molar-refractivity contribution is 7.07. The molecule has 0 atom stereocenters. The van der Waals surface area contributed by atoms with Crippen molar-refractivity contribution in [2.24, 2.45) is 9.98 Å². The van der Waals surface area contributed by atoms with Crippen LogP contribution in [0.2, 0.25) is 0 Å². The smallest absolute Gasteiger partial charge is 0.195 e. The number of nitrogens with zero attached hydrogens (tertiary/aromatic N) is 4. The Labute approximate surface area is 252 Å². The van der Waals surface area contributed by atoms with E-state index in [1.807, 2.05) is 72.8 Å². The van der Waals surface area contributed by atoms with E-state index in [0.717, 1.165) is 54.9 Å². The zero-order valence-electron chi connectivity index (χ0n) is 22.6. The van der Waals surface area contributed by atoms with Crippen LogP contribution >= 0.6 is 22.7 Å². The van der Waals surface area contributed by atoms with Gasteiger partial charge in [-0.1, -0.05) is 103 Å². The molecule has 0 aliphatic rings. The van der Waals surface area contributed by atoms with Crippen molar-refractivity contribution < 1.29 is 0 Å². The summed E-state index contributed by atoms with van der Waals surface area (Å²) < 4.78 is 4.50. The summed E-state index contributed by atoms with van der Waals surface area (Å²) in [5.74, 6) is 0. The summed E-state index contributed by atoms with van der Waals surface area (Å²) in [6.07, 6.45) is 0. The Morgan fingerprint density at radius 2 is 0.786 bits per heavy atom. The van der Waals surface area contributed by atoms with Gasteiger partial charge in [-0.3, -0.25) is 9.13 Å². The Bertz CT molecular complexity index is 1920. The van der Waals surface area contributed by atoms with E-state index >= 15 is 0 Å². The summed E-state index contributed by atoms with van der Waals surface area (Å²) in [6.45, 7) is 0. The summed E-state index contributed by atoms with van der Waals surface area (Å²) in [5, 5.41) is 4.38. The fraction of sp³-hybridized carbons (Fsp3) is 0. The van der Waals surface area contributed by atoms with Gasteiger partial charge in [0.1, 0.15) is 0 Å². The molecule has 4 nitrogen and oxygen atoms in total. The average Bonchev–Trinajstić information content (AvgIpc) is 3.67. The van der Waals surface area contributed by atoms with E-state index in [-0.39, 0.29) is 0 Å². The normalized spacial score (nSPS) is 12.1. The summed E-state index contributed by atoms with van der Waals surface area (Å²) in [5.41, 5.74) is 8.39. The minimum absolute atomic E-state index is 0.907. The van der Waals surface area contributed by atoms with Gasteiger partial charge in [-0.05, 0) is 53.6 Å². The number of thiazole rings is 2. The maximum Gasteiger partial charge on any atom is 0.195 e. The number of para-hydroxylation sites is 2. The summed E-state index contributed by atoms with van der Waals surface area (Å²) >= 11 is 3.28. The molecule has 0 aliphatic heterocycles. The van der Waals surface area contributed by atoms with Crippen LogP contribution in [0.25, 0.3) is 33.9 Å². The van der Waals surface area contributed by atoms with Crippen LogP contribution in [0.3, 0.4) is 0 Å². The molecule has 2 heterocycles. The lowest BCUT2D eigenvalue weighted by Crippen LogP contribution is -2.16. The topological polar surface area (TPSA) is 34.6 Å². The lowest BCUT2D eigenvalue weighted by Gasteiger charge is -2.14. The molecule has 0 saturated carbocycles. The van der Waals surface area contributed by atoms with Crippen molar-refractivity contribution in [3.8, 4) is 33.9 Å². The van der Waals surface area contributed by atoms with Crippen LogP contribution in [0, 0.1) is 0 Å². The molecule has 202 valence electrons. The molecule has 0 N–H and O–H groups in total. The average molecular weight is 579 g/mol. The van der Waals surface area contributed by atoms with Gasteiger partial charge in [0.25, 0.3) is 0 Å². The van der Waals surface area contributed by atoms with Crippen LogP contribution in [-0.4, -0.2) is 9.13 Å². The second-order valence-corrected chi connectivity index (χ2v) is 11.3. The van der Waals surface area contributed by atoms with E-state index in [1.165, 1.54) is 0 Å². The van der Waals surface area contributed by atoms with Crippen molar-refractivity contribution in [1.82, 2.24) is 9.13 Å². The van der Waals surface area contributed by atoms with Gasteiger partial charge < -0.3 is 0 Å². The van der Waals surface area contributed by atoms with Gasteiger partial charge in [0.05, 0.1) is 34.1 Å². The van der Waals surface area contributed by atoms with E-state index in [2.05, 4.69) is 92.7 Å². The molecule has 42 heavy (non-hydrogen) atoms. The van der Waals surface area contributed by atoms with Gasteiger partial charge in [0, 0.05) is 10.8 Å². The molecule has 6 heteroatoms. The van der Waals surface area contributed by atoms with E-state index in [0.29, 0.717) is 0 Å². The molecular weight excluding hydrogens is 553 g/mol. The Kier molecular flexibility index (Phi) is 7.29. The quantitative estimate of drug-likeness (QED) is 0.189. The van der Waals surface area contributed by atoms with Gasteiger partial charge >= 0.3 is 0 Å². The predicted molar refractivity (Wildman–Crippen MR) is 175 cm³/mol. The predicted octanol–water partition coefficient (Wildman–Crippen LogP) is 9.19. The molecule has 2 aromatic heterocycles. The second-order valence-electron chi connectivity index (χ2n) is 9.62. The summed E-state index contributed by atoms with van der Waals surface area (Å²) in [6, 6.07) is 49.9. The van der Waals surface area contributed by atoms with Crippen LogP contribution in [0.1, 0.15) is 0 Å². The van der Waals surface area contributed by atoms with Crippen LogP contribution in [-0.2, 0) is 0 Å².